The van der Waals surface area contributed by atoms with E-state index in [9.17, 15) is 14.7 Å². The lowest BCUT2D eigenvalue weighted by molar-refractivity contribution is -0.179. The Labute approximate surface area is 136 Å². The molecule has 0 aromatic rings. The van der Waals surface area contributed by atoms with Gasteiger partial charge in [0.15, 0.2) is 6.61 Å². The molecule has 7 nitrogen and oxygen atoms in total. The van der Waals surface area contributed by atoms with Crippen LogP contribution in [0.4, 0.5) is 0 Å². The number of hydrogen-bond acceptors (Lipinski definition) is 6. The zero-order valence-electron chi connectivity index (χ0n) is 13.7. The Kier molecular flexibility index (Phi) is 4.89. The number of carbonyl (C=O) groups is 2. The van der Waals surface area contributed by atoms with Crippen molar-refractivity contribution in [3.8, 4) is 0 Å². The van der Waals surface area contributed by atoms with Crippen molar-refractivity contribution in [3.63, 3.8) is 0 Å². The summed E-state index contributed by atoms with van der Waals surface area (Å²) < 4.78 is 10.3. The normalized spacial score (nSPS) is 34.4. The Balaban J connectivity index is 1.73. The largest absolute Gasteiger partial charge is 0.456 e. The fourth-order valence-corrected chi connectivity index (χ4v) is 4.13. The lowest BCUT2D eigenvalue weighted by Crippen LogP contribution is -2.69. The second kappa shape index (κ2) is 6.75. The van der Waals surface area contributed by atoms with Gasteiger partial charge in [0.05, 0.1) is 24.9 Å². The first-order valence-corrected chi connectivity index (χ1v) is 8.46. The van der Waals surface area contributed by atoms with Crippen LogP contribution in [0.3, 0.4) is 0 Å². The number of esters is 1. The number of amides is 1. The summed E-state index contributed by atoms with van der Waals surface area (Å²) >= 11 is 0. The Bertz CT molecular complexity index is 455. The molecule has 3 heterocycles. The first-order valence-electron chi connectivity index (χ1n) is 8.46. The average molecular weight is 326 g/mol. The smallest absolute Gasteiger partial charge is 0.303 e. The molecule has 3 saturated heterocycles. The summed E-state index contributed by atoms with van der Waals surface area (Å²) in [5.41, 5.74) is -0.820. The molecule has 1 atom stereocenters. The van der Waals surface area contributed by atoms with Gasteiger partial charge in [-0.05, 0) is 25.7 Å². The maximum Gasteiger partial charge on any atom is 0.303 e. The number of rotatable bonds is 4. The van der Waals surface area contributed by atoms with E-state index in [1.54, 1.807) is 4.90 Å². The van der Waals surface area contributed by atoms with E-state index in [0.717, 1.165) is 38.8 Å². The summed E-state index contributed by atoms with van der Waals surface area (Å²) in [7, 11) is 0. The molecule has 0 aromatic carbocycles. The maximum atomic E-state index is 12.6. The van der Waals surface area contributed by atoms with Gasteiger partial charge in [-0.1, -0.05) is 0 Å². The average Bonchev–Trinajstić information content (AvgIpc) is 2.54. The number of ether oxygens (including phenoxy) is 2. The minimum Gasteiger partial charge on any atom is -0.456 e. The van der Waals surface area contributed by atoms with Crippen molar-refractivity contribution in [1.29, 1.82) is 0 Å². The van der Waals surface area contributed by atoms with Crippen molar-refractivity contribution in [1.82, 2.24) is 9.80 Å². The molecule has 1 aliphatic carbocycles. The van der Waals surface area contributed by atoms with E-state index in [-0.39, 0.29) is 24.6 Å². The van der Waals surface area contributed by atoms with Crippen LogP contribution < -0.4 is 0 Å². The van der Waals surface area contributed by atoms with Crippen molar-refractivity contribution in [2.45, 2.75) is 50.3 Å². The standard InChI is InChI=1S/C16H26N2O5/c1-12(19)23-11-15(20)18-13-2-4-16(21,5-3-13)14(18)10-17-6-8-22-9-7-17/h13-14,21H,2-11H2,1H3. The first kappa shape index (κ1) is 16.7. The van der Waals surface area contributed by atoms with Gasteiger partial charge in [-0.15, -0.1) is 0 Å². The predicted octanol–water partition coefficient (Wildman–Crippen LogP) is -0.234. The van der Waals surface area contributed by atoms with Crippen LogP contribution in [0.1, 0.15) is 32.6 Å². The van der Waals surface area contributed by atoms with Gasteiger partial charge >= 0.3 is 5.97 Å². The molecule has 4 rings (SSSR count). The summed E-state index contributed by atoms with van der Waals surface area (Å²) in [6.45, 7) is 4.75. The van der Waals surface area contributed by atoms with Crippen molar-refractivity contribution in [3.05, 3.63) is 0 Å². The van der Waals surface area contributed by atoms with Gasteiger partial charge in [0.2, 0.25) is 0 Å². The maximum absolute atomic E-state index is 12.6. The minimum atomic E-state index is -0.820. The van der Waals surface area contributed by atoms with Gasteiger partial charge in [0, 0.05) is 32.6 Å². The highest BCUT2D eigenvalue weighted by Crippen LogP contribution is 2.43. The quantitative estimate of drug-likeness (QED) is 0.719. The third-order valence-electron chi connectivity index (χ3n) is 5.39. The third kappa shape index (κ3) is 3.51. The van der Waals surface area contributed by atoms with Gasteiger partial charge in [-0.3, -0.25) is 14.5 Å². The number of piperidine rings is 2. The molecule has 1 N–H and O–H groups in total. The van der Waals surface area contributed by atoms with Gasteiger partial charge in [0.25, 0.3) is 5.91 Å². The van der Waals surface area contributed by atoms with Crippen LogP contribution in [-0.4, -0.2) is 83.9 Å². The van der Waals surface area contributed by atoms with Gasteiger partial charge in [0.1, 0.15) is 0 Å². The zero-order chi connectivity index (χ0) is 16.4. The molecular formula is C16H26N2O5. The van der Waals surface area contributed by atoms with E-state index in [1.807, 2.05) is 0 Å². The molecule has 0 aromatic heterocycles. The molecule has 4 aliphatic rings. The fraction of sp³-hybridized carbons (Fsp3) is 0.875. The van der Waals surface area contributed by atoms with E-state index in [4.69, 9.17) is 9.47 Å². The summed E-state index contributed by atoms with van der Waals surface area (Å²) in [6, 6.07) is -0.0747. The Morgan fingerprint density at radius 1 is 1.26 bits per heavy atom. The highest BCUT2D eigenvalue weighted by Gasteiger charge is 2.53. The number of nitrogens with zero attached hydrogens (tertiary/aromatic N) is 2. The monoisotopic (exact) mass is 326 g/mol. The van der Waals surface area contributed by atoms with Crippen LogP contribution in [0, 0.1) is 0 Å². The minimum absolute atomic E-state index is 0.151. The van der Waals surface area contributed by atoms with Gasteiger partial charge in [-0.2, -0.15) is 0 Å². The molecule has 23 heavy (non-hydrogen) atoms. The highest BCUT2D eigenvalue weighted by molar-refractivity contribution is 5.81. The first-order chi connectivity index (χ1) is 11.0. The molecule has 2 bridgehead atoms. The fourth-order valence-electron chi connectivity index (χ4n) is 4.13. The van der Waals surface area contributed by atoms with E-state index < -0.39 is 11.6 Å². The van der Waals surface area contributed by atoms with Crippen LogP contribution >= 0.6 is 0 Å². The Hall–Kier alpha value is -1.18. The van der Waals surface area contributed by atoms with Crippen LogP contribution in [-0.2, 0) is 19.1 Å². The van der Waals surface area contributed by atoms with E-state index in [2.05, 4.69) is 4.90 Å². The highest BCUT2D eigenvalue weighted by atomic mass is 16.5. The van der Waals surface area contributed by atoms with Gasteiger partial charge < -0.3 is 19.5 Å². The van der Waals surface area contributed by atoms with Crippen molar-refractivity contribution in [2.24, 2.45) is 0 Å². The second-order valence-electron chi connectivity index (χ2n) is 6.84. The number of aliphatic hydroxyl groups is 1. The van der Waals surface area contributed by atoms with Crippen molar-refractivity contribution >= 4 is 11.9 Å². The topological polar surface area (TPSA) is 79.3 Å². The van der Waals surface area contributed by atoms with E-state index in [0.29, 0.717) is 19.8 Å². The lowest BCUT2D eigenvalue weighted by atomic mass is 9.70. The second-order valence-corrected chi connectivity index (χ2v) is 6.84. The summed E-state index contributed by atoms with van der Waals surface area (Å²) in [6.07, 6.45) is 3.12. The third-order valence-corrected chi connectivity index (χ3v) is 5.39. The van der Waals surface area contributed by atoms with E-state index in [1.165, 1.54) is 6.92 Å². The molecule has 1 unspecified atom stereocenters. The number of hydrogen-bond donors (Lipinski definition) is 1. The molecule has 1 saturated carbocycles. The molecule has 7 heteroatoms. The molecule has 4 fully saturated rings. The molecule has 130 valence electrons. The summed E-state index contributed by atoms with van der Waals surface area (Å²) in [5.74, 6) is -0.648. The Morgan fingerprint density at radius 2 is 1.91 bits per heavy atom. The number of carbonyl (C=O) groups excluding carboxylic acids is 2. The van der Waals surface area contributed by atoms with E-state index >= 15 is 0 Å². The number of morpholine rings is 1. The molecule has 0 radical (unpaired) electrons. The van der Waals surface area contributed by atoms with Crippen molar-refractivity contribution in [2.75, 3.05) is 39.5 Å². The van der Waals surface area contributed by atoms with Crippen LogP contribution in [0.2, 0.25) is 0 Å². The van der Waals surface area contributed by atoms with Crippen LogP contribution in [0.15, 0.2) is 0 Å². The van der Waals surface area contributed by atoms with Gasteiger partial charge in [-0.25, -0.2) is 0 Å². The number of fused-ring (bicyclic) bond motifs is 3. The van der Waals surface area contributed by atoms with Crippen LogP contribution in [0.5, 0.6) is 0 Å². The SMILES string of the molecule is CC(=O)OCC(=O)N1C2CCC(O)(CC2)C1CN1CCOCC1. The van der Waals surface area contributed by atoms with Crippen molar-refractivity contribution < 1.29 is 24.2 Å². The summed E-state index contributed by atoms with van der Waals surface area (Å²) in [4.78, 5) is 27.6. The lowest BCUT2D eigenvalue weighted by Gasteiger charge is -2.57. The molecular weight excluding hydrogens is 300 g/mol. The van der Waals surface area contributed by atoms with Crippen LogP contribution in [0.25, 0.3) is 0 Å². The molecule has 3 aliphatic heterocycles. The Morgan fingerprint density at radius 3 is 2.52 bits per heavy atom. The molecule has 0 spiro atoms. The predicted molar refractivity (Wildman–Crippen MR) is 81.7 cm³/mol. The molecule has 1 amide bonds. The zero-order valence-corrected chi connectivity index (χ0v) is 13.7. The summed E-state index contributed by atoms with van der Waals surface area (Å²) in [5, 5.41) is 11.0.